The smallest absolute Gasteiger partial charge is 0.398 e. The number of allylic oxidation sites excluding steroid dienone is 2. The van der Waals surface area contributed by atoms with Crippen LogP contribution in [0.15, 0.2) is 12.2 Å². The number of alkyl halides is 3. The van der Waals surface area contributed by atoms with Crippen LogP contribution in [0.4, 0.5) is 13.2 Å². The van der Waals surface area contributed by atoms with Crippen molar-refractivity contribution in [3.63, 3.8) is 0 Å². The number of hydrogen-bond donors (Lipinski definition) is 0. The van der Waals surface area contributed by atoms with E-state index in [0.717, 1.165) is 6.08 Å². The van der Waals surface area contributed by atoms with E-state index >= 15 is 0 Å². The maximum absolute atomic E-state index is 13.0. The van der Waals surface area contributed by atoms with E-state index in [1.54, 1.807) is 13.0 Å². The van der Waals surface area contributed by atoms with Gasteiger partial charge in [-0.15, -0.1) is 0 Å². The minimum atomic E-state index is -4.51. The average molecular weight is 332 g/mol. The summed E-state index contributed by atoms with van der Waals surface area (Å²) < 4.78 is 44.3. The molecule has 2 aliphatic rings. The minimum Gasteiger partial charge on any atom is -0.462 e. The van der Waals surface area contributed by atoms with E-state index in [1.165, 1.54) is 0 Å². The zero-order valence-corrected chi connectivity index (χ0v) is 13.4. The number of ketones is 1. The largest absolute Gasteiger partial charge is 0.462 e. The first-order chi connectivity index (χ1) is 10.7. The van der Waals surface area contributed by atoms with Crippen molar-refractivity contribution in [2.75, 3.05) is 0 Å². The predicted octanol–water partition coefficient (Wildman–Crippen LogP) is 4.07. The Labute approximate surface area is 134 Å². The molecule has 1 aliphatic carbocycles. The zero-order valence-electron chi connectivity index (χ0n) is 13.4. The maximum Gasteiger partial charge on any atom is 0.398 e. The standard InChI is InChI=1S/C17H23F3O3/c1-3-4-5-13(17(18,19)20)14(21)7-6-11-10(2)8-15-12(11)9-16(22)23-15/h6-7,10-13,15H,3-5,8-9H2,1-2H3/t10-,11+,12-,13?,15-/m1/s1. The second-order valence-corrected chi connectivity index (χ2v) is 6.68. The van der Waals surface area contributed by atoms with Crippen molar-refractivity contribution < 1.29 is 27.5 Å². The summed E-state index contributed by atoms with van der Waals surface area (Å²) in [7, 11) is 0. The quantitative estimate of drug-likeness (QED) is 0.544. The van der Waals surface area contributed by atoms with Gasteiger partial charge in [-0.3, -0.25) is 9.59 Å². The summed E-state index contributed by atoms with van der Waals surface area (Å²) in [4.78, 5) is 23.4. The van der Waals surface area contributed by atoms with Crippen molar-refractivity contribution in [2.45, 2.75) is 58.2 Å². The van der Waals surface area contributed by atoms with E-state index in [9.17, 15) is 22.8 Å². The molecule has 0 aromatic carbocycles. The van der Waals surface area contributed by atoms with Gasteiger partial charge in [0.25, 0.3) is 0 Å². The van der Waals surface area contributed by atoms with E-state index in [1.807, 2.05) is 6.92 Å². The summed E-state index contributed by atoms with van der Waals surface area (Å²) in [6.07, 6.45) is -0.187. The molecule has 2 fully saturated rings. The van der Waals surface area contributed by atoms with Gasteiger partial charge in [-0.05, 0) is 30.8 Å². The van der Waals surface area contributed by atoms with E-state index in [2.05, 4.69) is 0 Å². The van der Waals surface area contributed by atoms with Crippen LogP contribution >= 0.6 is 0 Å². The lowest BCUT2D eigenvalue weighted by Gasteiger charge is -2.18. The fourth-order valence-electron chi connectivity index (χ4n) is 3.71. The SMILES string of the molecule is CCCCC(C(=O)C=C[C@@H]1[C@H]2CC(=O)O[C@@H]2C[C@H]1C)C(F)(F)F. The van der Waals surface area contributed by atoms with E-state index < -0.39 is 17.9 Å². The normalized spacial score (nSPS) is 32.1. The highest BCUT2D eigenvalue weighted by Gasteiger charge is 2.48. The maximum atomic E-state index is 13.0. The van der Waals surface area contributed by atoms with Crippen LogP contribution in [0.5, 0.6) is 0 Å². The molecule has 1 unspecified atom stereocenters. The third-order valence-corrected chi connectivity index (χ3v) is 4.99. The Morgan fingerprint density at radius 1 is 1.43 bits per heavy atom. The van der Waals surface area contributed by atoms with Gasteiger partial charge >= 0.3 is 12.1 Å². The third kappa shape index (κ3) is 4.15. The molecule has 0 aromatic heterocycles. The summed E-state index contributed by atoms with van der Waals surface area (Å²) in [5.74, 6) is -2.95. The Morgan fingerprint density at radius 3 is 2.74 bits per heavy atom. The Balaban J connectivity index is 2.05. The second kappa shape index (κ2) is 7.05. The first-order valence-corrected chi connectivity index (χ1v) is 8.22. The monoisotopic (exact) mass is 332 g/mol. The van der Waals surface area contributed by atoms with Crippen molar-refractivity contribution in [1.82, 2.24) is 0 Å². The van der Waals surface area contributed by atoms with Gasteiger partial charge in [0.1, 0.15) is 12.0 Å². The molecule has 0 N–H and O–H groups in total. The highest BCUT2D eigenvalue weighted by Crippen LogP contribution is 2.45. The van der Waals surface area contributed by atoms with Crippen LogP contribution in [0.1, 0.15) is 46.0 Å². The Morgan fingerprint density at radius 2 is 2.13 bits per heavy atom. The molecule has 0 amide bonds. The summed E-state index contributed by atoms with van der Waals surface area (Å²) in [5, 5.41) is 0. The summed E-state index contributed by atoms with van der Waals surface area (Å²) in [6, 6.07) is 0. The number of fused-ring (bicyclic) bond motifs is 1. The number of carbonyl (C=O) groups is 2. The number of esters is 1. The van der Waals surface area contributed by atoms with Crippen molar-refractivity contribution in [3.05, 3.63) is 12.2 Å². The number of hydrogen-bond acceptors (Lipinski definition) is 3. The van der Waals surface area contributed by atoms with Crippen LogP contribution in [0.25, 0.3) is 0 Å². The Kier molecular flexibility index (Phi) is 5.53. The van der Waals surface area contributed by atoms with E-state index in [4.69, 9.17) is 4.74 Å². The summed E-state index contributed by atoms with van der Waals surface area (Å²) in [5.41, 5.74) is 0. The van der Waals surface area contributed by atoms with Gasteiger partial charge < -0.3 is 4.74 Å². The number of unbranched alkanes of at least 4 members (excludes halogenated alkanes) is 1. The van der Waals surface area contributed by atoms with Gasteiger partial charge in [0, 0.05) is 5.92 Å². The lowest BCUT2D eigenvalue weighted by atomic mass is 9.87. The van der Waals surface area contributed by atoms with Gasteiger partial charge in [0.15, 0.2) is 5.78 Å². The molecule has 2 rings (SSSR count). The van der Waals surface area contributed by atoms with E-state index in [0.29, 0.717) is 19.3 Å². The van der Waals surface area contributed by atoms with Crippen molar-refractivity contribution in [3.8, 4) is 0 Å². The number of ether oxygens (including phenoxy) is 1. The van der Waals surface area contributed by atoms with Crippen molar-refractivity contribution in [1.29, 1.82) is 0 Å². The second-order valence-electron chi connectivity index (χ2n) is 6.68. The first-order valence-electron chi connectivity index (χ1n) is 8.22. The van der Waals surface area contributed by atoms with E-state index in [-0.39, 0.29) is 42.7 Å². The van der Waals surface area contributed by atoms with Gasteiger partial charge in [0.2, 0.25) is 0 Å². The molecule has 0 spiro atoms. The molecule has 0 radical (unpaired) electrons. The molecular formula is C17H23F3O3. The number of carbonyl (C=O) groups excluding carboxylic acids is 2. The minimum absolute atomic E-state index is 0.0125. The summed E-state index contributed by atoms with van der Waals surface area (Å²) in [6.45, 7) is 3.77. The average Bonchev–Trinajstić information content (AvgIpc) is 2.90. The highest BCUT2D eigenvalue weighted by molar-refractivity contribution is 5.92. The van der Waals surface area contributed by atoms with Crippen LogP contribution in [0, 0.1) is 23.7 Å². The molecule has 5 atom stereocenters. The molecule has 1 saturated heterocycles. The fraction of sp³-hybridized carbons (Fsp3) is 0.765. The first kappa shape index (κ1) is 18.0. The molecule has 23 heavy (non-hydrogen) atoms. The van der Waals surface area contributed by atoms with Gasteiger partial charge in [-0.1, -0.05) is 32.8 Å². The van der Waals surface area contributed by atoms with Crippen LogP contribution in [-0.2, 0) is 14.3 Å². The topological polar surface area (TPSA) is 43.4 Å². The summed E-state index contributed by atoms with van der Waals surface area (Å²) >= 11 is 0. The molecule has 3 nitrogen and oxygen atoms in total. The van der Waals surface area contributed by atoms with Gasteiger partial charge in [0.05, 0.1) is 6.42 Å². The molecule has 1 heterocycles. The lowest BCUT2D eigenvalue weighted by Crippen LogP contribution is -2.30. The zero-order chi connectivity index (χ0) is 17.2. The molecule has 0 aromatic rings. The molecule has 0 bridgehead atoms. The number of rotatable bonds is 6. The van der Waals surface area contributed by atoms with Crippen molar-refractivity contribution >= 4 is 11.8 Å². The molecule has 1 saturated carbocycles. The predicted molar refractivity (Wildman–Crippen MR) is 78.5 cm³/mol. The van der Waals surface area contributed by atoms with Crippen molar-refractivity contribution in [2.24, 2.45) is 23.7 Å². The Hall–Kier alpha value is -1.33. The van der Waals surface area contributed by atoms with Gasteiger partial charge in [-0.2, -0.15) is 13.2 Å². The molecular weight excluding hydrogens is 309 g/mol. The van der Waals surface area contributed by atoms with Gasteiger partial charge in [-0.25, -0.2) is 0 Å². The lowest BCUT2D eigenvalue weighted by molar-refractivity contribution is -0.180. The van der Waals surface area contributed by atoms with Crippen LogP contribution in [0.3, 0.4) is 0 Å². The molecule has 1 aliphatic heterocycles. The Bertz CT molecular complexity index is 484. The van der Waals surface area contributed by atoms with Crippen LogP contribution in [-0.4, -0.2) is 24.0 Å². The van der Waals surface area contributed by atoms with Crippen LogP contribution < -0.4 is 0 Å². The third-order valence-electron chi connectivity index (χ3n) is 4.99. The highest BCUT2D eigenvalue weighted by atomic mass is 19.4. The number of halogens is 3. The van der Waals surface area contributed by atoms with Crippen LogP contribution in [0.2, 0.25) is 0 Å². The molecule has 130 valence electrons. The fourth-order valence-corrected chi connectivity index (χ4v) is 3.71. The molecule has 6 heteroatoms.